The lowest BCUT2D eigenvalue weighted by molar-refractivity contribution is 0.0956. The number of hydrogen-bond acceptors (Lipinski definition) is 4. The Morgan fingerprint density at radius 2 is 1.82 bits per heavy atom. The van der Waals surface area contributed by atoms with Gasteiger partial charge in [0.05, 0.1) is 11.1 Å². The van der Waals surface area contributed by atoms with Crippen molar-refractivity contribution in [3.8, 4) is 0 Å². The van der Waals surface area contributed by atoms with E-state index in [1.54, 1.807) is 12.3 Å². The second-order valence-corrected chi connectivity index (χ2v) is 7.19. The summed E-state index contributed by atoms with van der Waals surface area (Å²) in [5, 5.41) is 5.06. The molecule has 0 unspecified atom stereocenters. The minimum atomic E-state index is -0.198. The summed E-state index contributed by atoms with van der Waals surface area (Å²) < 4.78 is 0. The molecule has 2 heterocycles. The van der Waals surface area contributed by atoms with Crippen LogP contribution in [-0.2, 0) is 6.54 Å². The molecule has 0 saturated carbocycles. The molecular formula is C23H24N4O. The highest BCUT2D eigenvalue weighted by Crippen LogP contribution is 2.18. The Labute approximate surface area is 165 Å². The van der Waals surface area contributed by atoms with Gasteiger partial charge in [-0.2, -0.15) is 5.10 Å². The fourth-order valence-electron chi connectivity index (χ4n) is 3.66. The van der Waals surface area contributed by atoms with Gasteiger partial charge in [0.25, 0.3) is 5.91 Å². The molecule has 0 spiro atoms. The van der Waals surface area contributed by atoms with E-state index < -0.39 is 0 Å². The lowest BCUT2D eigenvalue weighted by Crippen LogP contribution is -2.34. The molecular weight excluding hydrogens is 348 g/mol. The third-order valence-corrected chi connectivity index (χ3v) is 5.23. The molecule has 2 aromatic carbocycles. The minimum absolute atomic E-state index is 0.198. The summed E-state index contributed by atoms with van der Waals surface area (Å²) in [7, 11) is 0. The number of carbonyl (C=O) groups excluding carboxylic acids is 1. The Morgan fingerprint density at radius 3 is 2.64 bits per heavy atom. The normalized spacial score (nSPS) is 15.9. The molecule has 1 amide bonds. The van der Waals surface area contributed by atoms with E-state index in [0.29, 0.717) is 11.5 Å². The predicted octanol–water partition coefficient (Wildman–Crippen LogP) is 3.86. The molecule has 1 aliphatic rings. The van der Waals surface area contributed by atoms with Crippen LogP contribution in [0.4, 0.5) is 0 Å². The maximum Gasteiger partial charge on any atom is 0.272 e. The second kappa shape index (κ2) is 8.76. The summed E-state index contributed by atoms with van der Waals surface area (Å²) in [5.74, 6) is 0.206. The van der Waals surface area contributed by atoms with Crippen LogP contribution in [0, 0.1) is 5.92 Å². The first-order chi connectivity index (χ1) is 13.8. The largest absolute Gasteiger partial charge is 0.299 e. The summed E-state index contributed by atoms with van der Waals surface area (Å²) in [4.78, 5) is 19.3. The number of hydrogen-bond donors (Lipinski definition) is 1. The van der Waals surface area contributed by atoms with E-state index in [0.717, 1.165) is 43.4 Å². The summed E-state index contributed by atoms with van der Waals surface area (Å²) in [5.41, 5.74) is 5.44. The van der Waals surface area contributed by atoms with Crippen molar-refractivity contribution >= 4 is 23.0 Å². The Hall–Kier alpha value is -3.05. The zero-order valence-corrected chi connectivity index (χ0v) is 15.8. The van der Waals surface area contributed by atoms with Gasteiger partial charge >= 0.3 is 0 Å². The molecule has 1 aromatic heterocycles. The number of rotatable bonds is 5. The molecule has 1 saturated heterocycles. The Kier molecular flexibility index (Phi) is 5.73. The van der Waals surface area contributed by atoms with Gasteiger partial charge in [0.1, 0.15) is 0 Å². The molecule has 5 heteroatoms. The Morgan fingerprint density at radius 1 is 1.07 bits per heavy atom. The summed E-state index contributed by atoms with van der Waals surface area (Å²) in [6.45, 7) is 3.10. The van der Waals surface area contributed by atoms with Crippen molar-refractivity contribution in [1.29, 1.82) is 0 Å². The average Bonchev–Trinajstić information content (AvgIpc) is 2.75. The fourth-order valence-corrected chi connectivity index (χ4v) is 3.66. The molecule has 0 bridgehead atoms. The summed E-state index contributed by atoms with van der Waals surface area (Å²) in [6, 6.07) is 19.9. The van der Waals surface area contributed by atoms with Crippen LogP contribution in [-0.4, -0.2) is 35.1 Å². The van der Waals surface area contributed by atoms with Crippen LogP contribution in [0.1, 0.15) is 28.8 Å². The number of aromatic nitrogens is 1. The monoisotopic (exact) mass is 372 g/mol. The SMILES string of the molecule is O=C(N/N=C/C1CCN(Cc2ccccc2)CC1)c1ccnc2ccccc12. The highest BCUT2D eigenvalue weighted by Gasteiger charge is 2.18. The first-order valence-corrected chi connectivity index (χ1v) is 9.73. The zero-order chi connectivity index (χ0) is 19.2. The van der Waals surface area contributed by atoms with Crippen LogP contribution in [0.5, 0.6) is 0 Å². The van der Waals surface area contributed by atoms with Crippen LogP contribution in [0.3, 0.4) is 0 Å². The van der Waals surface area contributed by atoms with Crippen molar-refractivity contribution in [2.75, 3.05) is 13.1 Å². The first kappa shape index (κ1) is 18.3. The van der Waals surface area contributed by atoms with E-state index in [4.69, 9.17) is 0 Å². The number of nitrogens with one attached hydrogen (secondary N) is 1. The molecule has 0 aliphatic carbocycles. The van der Waals surface area contributed by atoms with Crippen LogP contribution in [0.2, 0.25) is 0 Å². The van der Waals surface area contributed by atoms with Gasteiger partial charge in [0.15, 0.2) is 0 Å². The van der Waals surface area contributed by atoms with Crippen LogP contribution < -0.4 is 5.43 Å². The van der Waals surface area contributed by atoms with Crippen molar-refractivity contribution in [3.05, 3.63) is 78.0 Å². The van der Waals surface area contributed by atoms with Gasteiger partial charge in [0.2, 0.25) is 0 Å². The second-order valence-electron chi connectivity index (χ2n) is 7.19. The molecule has 0 atom stereocenters. The van der Waals surface area contributed by atoms with Gasteiger partial charge in [0, 0.05) is 24.3 Å². The van der Waals surface area contributed by atoms with E-state index in [1.165, 1.54) is 5.56 Å². The summed E-state index contributed by atoms with van der Waals surface area (Å²) in [6.07, 6.45) is 5.67. The van der Waals surface area contributed by atoms with Gasteiger partial charge in [-0.1, -0.05) is 48.5 Å². The highest BCUT2D eigenvalue weighted by molar-refractivity contribution is 6.05. The molecule has 1 aliphatic heterocycles. The molecule has 142 valence electrons. The molecule has 1 fully saturated rings. The third-order valence-electron chi connectivity index (χ3n) is 5.23. The van der Waals surface area contributed by atoms with Gasteiger partial charge in [-0.05, 0) is 49.5 Å². The number of pyridine rings is 1. The van der Waals surface area contributed by atoms with Crippen molar-refractivity contribution in [2.24, 2.45) is 11.0 Å². The van der Waals surface area contributed by atoms with Gasteiger partial charge < -0.3 is 0 Å². The average molecular weight is 372 g/mol. The van der Waals surface area contributed by atoms with E-state index in [9.17, 15) is 4.79 Å². The fraction of sp³-hybridized carbons (Fsp3) is 0.261. The highest BCUT2D eigenvalue weighted by atomic mass is 16.2. The maximum atomic E-state index is 12.5. The number of benzene rings is 2. The molecule has 4 rings (SSSR count). The number of piperidine rings is 1. The van der Waals surface area contributed by atoms with E-state index in [2.05, 4.69) is 50.7 Å². The number of nitrogens with zero attached hydrogens (tertiary/aromatic N) is 3. The van der Waals surface area contributed by atoms with Crippen molar-refractivity contribution in [2.45, 2.75) is 19.4 Å². The maximum absolute atomic E-state index is 12.5. The summed E-state index contributed by atoms with van der Waals surface area (Å²) >= 11 is 0. The topological polar surface area (TPSA) is 57.6 Å². The van der Waals surface area contributed by atoms with Gasteiger partial charge in [-0.3, -0.25) is 14.7 Å². The number of likely N-dealkylation sites (tertiary alicyclic amines) is 1. The first-order valence-electron chi connectivity index (χ1n) is 9.73. The van der Waals surface area contributed by atoms with Crippen molar-refractivity contribution in [1.82, 2.24) is 15.3 Å². The number of amides is 1. The van der Waals surface area contributed by atoms with Gasteiger partial charge in [-0.15, -0.1) is 0 Å². The molecule has 3 aromatic rings. The number of carbonyl (C=O) groups is 1. The minimum Gasteiger partial charge on any atom is -0.299 e. The Balaban J connectivity index is 1.29. The van der Waals surface area contributed by atoms with Crippen molar-refractivity contribution in [3.63, 3.8) is 0 Å². The zero-order valence-electron chi connectivity index (χ0n) is 15.8. The van der Waals surface area contributed by atoms with E-state index >= 15 is 0 Å². The third kappa shape index (κ3) is 4.43. The lowest BCUT2D eigenvalue weighted by atomic mass is 9.98. The molecule has 5 nitrogen and oxygen atoms in total. The predicted molar refractivity (Wildman–Crippen MR) is 112 cm³/mol. The van der Waals surface area contributed by atoms with E-state index in [-0.39, 0.29) is 5.91 Å². The number of para-hydroxylation sites is 1. The number of fused-ring (bicyclic) bond motifs is 1. The van der Waals surface area contributed by atoms with Crippen LogP contribution >= 0.6 is 0 Å². The molecule has 28 heavy (non-hydrogen) atoms. The number of hydrazone groups is 1. The lowest BCUT2D eigenvalue weighted by Gasteiger charge is -2.30. The molecule has 1 N–H and O–H groups in total. The van der Waals surface area contributed by atoms with Gasteiger partial charge in [-0.25, -0.2) is 5.43 Å². The van der Waals surface area contributed by atoms with E-state index in [1.807, 2.05) is 30.5 Å². The standard InChI is InChI=1S/C23H24N4O/c28-23(21-10-13-24-22-9-5-4-8-20(21)22)26-25-16-18-11-14-27(15-12-18)17-19-6-2-1-3-7-19/h1-10,13,16,18H,11-12,14-15,17H2,(H,26,28)/b25-16+. The van der Waals surface area contributed by atoms with Crippen molar-refractivity contribution < 1.29 is 4.79 Å². The smallest absolute Gasteiger partial charge is 0.272 e. The quantitative estimate of drug-likeness (QED) is 0.546. The molecule has 0 radical (unpaired) electrons. The van der Waals surface area contributed by atoms with Crippen LogP contribution in [0.25, 0.3) is 10.9 Å². The van der Waals surface area contributed by atoms with Crippen LogP contribution in [0.15, 0.2) is 72.0 Å². The Bertz CT molecular complexity index is 957.